The zero-order valence-electron chi connectivity index (χ0n) is 17.6. The molecular weight excluding hydrogens is 426 g/mol. The summed E-state index contributed by atoms with van der Waals surface area (Å²) in [5.41, 5.74) is 10.9. The number of carbonyl (C=O) groups is 2. The molecule has 0 aliphatic heterocycles. The summed E-state index contributed by atoms with van der Waals surface area (Å²) < 4.78 is 3.57. The van der Waals surface area contributed by atoms with Crippen molar-refractivity contribution in [2.75, 3.05) is 5.73 Å². The van der Waals surface area contributed by atoms with Gasteiger partial charge in [-0.05, 0) is 50.1 Å². The first-order valence-corrected chi connectivity index (χ1v) is 11.5. The number of rotatable bonds is 5. The van der Waals surface area contributed by atoms with Crippen molar-refractivity contribution in [2.24, 2.45) is 5.92 Å². The van der Waals surface area contributed by atoms with E-state index in [1.807, 2.05) is 34.5 Å². The molecule has 4 aromatic heterocycles. The van der Waals surface area contributed by atoms with E-state index < -0.39 is 5.97 Å². The Morgan fingerprint density at radius 2 is 2.00 bits per heavy atom. The second-order valence-electron chi connectivity index (χ2n) is 8.28. The van der Waals surface area contributed by atoms with Crippen LogP contribution >= 0.6 is 11.3 Å². The lowest BCUT2D eigenvalue weighted by atomic mass is 9.79. The van der Waals surface area contributed by atoms with Crippen LogP contribution < -0.4 is 5.73 Å². The molecule has 32 heavy (non-hydrogen) atoms. The SMILES string of the molecule is CC(=O)c1c(N)n2ncc(-c3ccn(-c4ccsc4)c3)c2nc1[C@H]1CC[C@H](C(=O)O)CC1. The smallest absolute Gasteiger partial charge is 0.306 e. The Labute approximate surface area is 188 Å². The van der Waals surface area contributed by atoms with E-state index in [9.17, 15) is 14.7 Å². The summed E-state index contributed by atoms with van der Waals surface area (Å²) in [6, 6.07) is 4.05. The molecule has 0 saturated heterocycles. The summed E-state index contributed by atoms with van der Waals surface area (Å²) in [5, 5.41) is 17.8. The molecule has 4 heterocycles. The summed E-state index contributed by atoms with van der Waals surface area (Å²) in [4.78, 5) is 28.8. The number of nitrogen functional groups attached to an aromatic ring is 1. The van der Waals surface area contributed by atoms with E-state index in [0.29, 0.717) is 42.6 Å². The molecule has 0 amide bonds. The molecular formula is C23H23N5O3S. The number of thiophene rings is 1. The molecule has 9 heteroatoms. The first kappa shape index (κ1) is 20.4. The van der Waals surface area contributed by atoms with Crippen molar-refractivity contribution in [1.82, 2.24) is 19.2 Å². The first-order chi connectivity index (χ1) is 15.4. The number of nitrogens with two attached hydrogens (primary N) is 1. The first-order valence-electron chi connectivity index (χ1n) is 10.6. The Morgan fingerprint density at radius 3 is 2.66 bits per heavy atom. The highest BCUT2D eigenvalue weighted by molar-refractivity contribution is 7.08. The van der Waals surface area contributed by atoms with Crippen molar-refractivity contribution >= 4 is 34.6 Å². The van der Waals surface area contributed by atoms with E-state index in [4.69, 9.17) is 10.7 Å². The van der Waals surface area contributed by atoms with Gasteiger partial charge < -0.3 is 15.4 Å². The summed E-state index contributed by atoms with van der Waals surface area (Å²) in [5.74, 6) is -0.980. The van der Waals surface area contributed by atoms with Gasteiger partial charge in [-0.2, -0.15) is 21.0 Å². The number of Topliss-reactive ketones (excluding diaryl/α,β-unsaturated/α-hetero) is 1. The van der Waals surface area contributed by atoms with Crippen molar-refractivity contribution in [3.63, 3.8) is 0 Å². The summed E-state index contributed by atoms with van der Waals surface area (Å²) in [7, 11) is 0. The highest BCUT2D eigenvalue weighted by atomic mass is 32.1. The van der Waals surface area contributed by atoms with Crippen LogP contribution in [0.25, 0.3) is 22.5 Å². The molecule has 0 unspecified atom stereocenters. The molecule has 0 atom stereocenters. The van der Waals surface area contributed by atoms with Crippen LogP contribution in [0.3, 0.4) is 0 Å². The maximum atomic E-state index is 12.5. The predicted molar refractivity (Wildman–Crippen MR) is 122 cm³/mol. The van der Waals surface area contributed by atoms with E-state index in [1.54, 1.807) is 17.5 Å². The minimum absolute atomic E-state index is 0.00467. The maximum Gasteiger partial charge on any atom is 0.306 e. The van der Waals surface area contributed by atoms with Gasteiger partial charge in [-0.3, -0.25) is 9.59 Å². The average molecular weight is 450 g/mol. The average Bonchev–Trinajstić information content (AvgIpc) is 3.52. The molecule has 164 valence electrons. The number of ketones is 1. The van der Waals surface area contributed by atoms with Gasteiger partial charge in [0.15, 0.2) is 11.4 Å². The number of carbonyl (C=O) groups excluding carboxylic acids is 1. The molecule has 0 aromatic carbocycles. The van der Waals surface area contributed by atoms with Crippen molar-refractivity contribution in [1.29, 1.82) is 0 Å². The molecule has 1 aliphatic rings. The second-order valence-corrected chi connectivity index (χ2v) is 9.06. The summed E-state index contributed by atoms with van der Waals surface area (Å²) in [6.07, 6.45) is 8.20. The molecule has 0 spiro atoms. The number of carboxylic acids is 1. The van der Waals surface area contributed by atoms with E-state index in [0.717, 1.165) is 16.8 Å². The minimum Gasteiger partial charge on any atom is -0.481 e. The Hall–Kier alpha value is -3.46. The molecule has 8 nitrogen and oxygen atoms in total. The molecule has 1 aliphatic carbocycles. The van der Waals surface area contributed by atoms with E-state index >= 15 is 0 Å². The molecule has 4 aromatic rings. The van der Waals surface area contributed by atoms with Gasteiger partial charge in [-0.15, -0.1) is 0 Å². The topological polar surface area (TPSA) is 116 Å². The normalized spacial score (nSPS) is 18.8. The number of hydrogen-bond donors (Lipinski definition) is 2. The van der Waals surface area contributed by atoms with Gasteiger partial charge in [0.1, 0.15) is 5.82 Å². The lowest BCUT2D eigenvalue weighted by molar-refractivity contribution is -0.142. The third kappa shape index (κ3) is 3.38. The van der Waals surface area contributed by atoms with Crippen LogP contribution in [0, 0.1) is 5.92 Å². The maximum absolute atomic E-state index is 12.5. The Balaban J connectivity index is 1.59. The van der Waals surface area contributed by atoms with Crippen molar-refractivity contribution in [2.45, 2.75) is 38.5 Å². The summed E-state index contributed by atoms with van der Waals surface area (Å²) >= 11 is 1.63. The van der Waals surface area contributed by atoms with Gasteiger partial charge >= 0.3 is 5.97 Å². The number of aliphatic carboxylic acids is 1. The van der Waals surface area contributed by atoms with Crippen LogP contribution in [0.2, 0.25) is 0 Å². The van der Waals surface area contributed by atoms with Crippen LogP contribution in [0.5, 0.6) is 0 Å². The molecule has 0 bridgehead atoms. The number of fused-ring (bicyclic) bond motifs is 1. The van der Waals surface area contributed by atoms with Gasteiger partial charge in [0, 0.05) is 34.8 Å². The fraction of sp³-hybridized carbons (Fsp3) is 0.304. The van der Waals surface area contributed by atoms with Crippen LogP contribution in [0.1, 0.15) is 54.6 Å². The summed E-state index contributed by atoms with van der Waals surface area (Å²) in [6.45, 7) is 1.48. The fourth-order valence-electron chi connectivity index (χ4n) is 4.63. The highest BCUT2D eigenvalue weighted by Crippen LogP contribution is 2.39. The van der Waals surface area contributed by atoms with Crippen LogP contribution in [-0.2, 0) is 4.79 Å². The highest BCUT2D eigenvalue weighted by Gasteiger charge is 2.31. The largest absolute Gasteiger partial charge is 0.481 e. The quantitative estimate of drug-likeness (QED) is 0.437. The Bertz CT molecular complexity index is 1310. The van der Waals surface area contributed by atoms with Crippen LogP contribution in [0.15, 0.2) is 41.5 Å². The van der Waals surface area contributed by atoms with Gasteiger partial charge in [0.25, 0.3) is 0 Å². The third-order valence-corrected chi connectivity index (χ3v) is 7.00. The molecule has 1 saturated carbocycles. The molecule has 3 N–H and O–H groups in total. The number of anilines is 1. The number of hydrogen-bond acceptors (Lipinski definition) is 6. The number of nitrogens with zero attached hydrogens (tertiary/aromatic N) is 4. The lowest BCUT2D eigenvalue weighted by Gasteiger charge is -2.27. The zero-order valence-corrected chi connectivity index (χ0v) is 18.4. The fourth-order valence-corrected chi connectivity index (χ4v) is 5.26. The lowest BCUT2D eigenvalue weighted by Crippen LogP contribution is -2.23. The monoisotopic (exact) mass is 449 g/mol. The van der Waals surface area contributed by atoms with E-state index in [2.05, 4.69) is 10.5 Å². The van der Waals surface area contributed by atoms with E-state index in [1.165, 1.54) is 11.4 Å². The Morgan fingerprint density at radius 1 is 1.22 bits per heavy atom. The van der Waals surface area contributed by atoms with Crippen LogP contribution in [0.4, 0.5) is 5.82 Å². The zero-order chi connectivity index (χ0) is 22.4. The van der Waals surface area contributed by atoms with Crippen molar-refractivity contribution in [3.05, 3.63) is 52.7 Å². The third-order valence-electron chi connectivity index (χ3n) is 6.33. The van der Waals surface area contributed by atoms with Crippen molar-refractivity contribution < 1.29 is 14.7 Å². The standard InChI is InChI=1S/C23H23N5O3S/c1-13(29)19-20(14-2-4-15(5-3-14)23(30)31)26-22-18(10-25-28(22)21(19)24)16-6-8-27(11-16)17-7-9-32-12-17/h6-12,14-15H,2-5,24H2,1H3,(H,30,31)/t14-,15-. The predicted octanol–water partition coefficient (Wildman–Crippen LogP) is 4.39. The van der Waals surface area contributed by atoms with Gasteiger partial charge in [-0.1, -0.05) is 0 Å². The number of aromatic nitrogens is 4. The minimum atomic E-state index is -0.758. The molecule has 0 radical (unpaired) electrons. The van der Waals surface area contributed by atoms with Gasteiger partial charge in [0.05, 0.1) is 29.1 Å². The van der Waals surface area contributed by atoms with Crippen LogP contribution in [-0.4, -0.2) is 36.0 Å². The molecule has 1 fully saturated rings. The van der Waals surface area contributed by atoms with Crippen molar-refractivity contribution in [3.8, 4) is 16.8 Å². The van der Waals surface area contributed by atoms with Gasteiger partial charge in [-0.25, -0.2) is 4.98 Å². The van der Waals surface area contributed by atoms with Gasteiger partial charge in [0.2, 0.25) is 0 Å². The second kappa shape index (κ2) is 7.90. The van der Waals surface area contributed by atoms with E-state index in [-0.39, 0.29) is 23.4 Å². The Kier molecular flexibility index (Phi) is 5.05. The molecule has 5 rings (SSSR count). The number of carboxylic acid groups (broad SMARTS) is 1.